The predicted octanol–water partition coefficient (Wildman–Crippen LogP) is 2.01. The molecule has 2 aliphatic rings. The molecule has 2 aliphatic heterocycles. The molecule has 0 aromatic carbocycles. The van der Waals surface area contributed by atoms with Crippen molar-refractivity contribution >= 4 is 12.4 Å². The van der Waals surface area contributed by atoms with Crippen molar-refractivity contribution in [3.63, 3.8) is 0 Å². The number of halogens is 1. The number of hydrogen-bond acceptors (Lipinski definition) is 3. The summed E-state index contributed by atoms with van der Waals surface area (Å²) in [6, 6.07) is 1.28. The molecule has 0 spiro atoms. The van der Waals surface area contributed by atoms with Gasteiger partial charge in [0.1, 0.15) is 6.23 Å². The summed E-state index contributed by atoms with van der Waals surface area (Å²) in [5, 5.41) is 3.50. The first-order chi connectivity index (χ1) is 7.29. The van der Waals surface area contributed by atoms with Crippen LogP contribution in [0.25, 0.3) is 0 Å². The second-order valence-corrected chi connectivity index (χ2v) is 4.90. The molecule has 0 bridgehead atoms. The van der Waals surface area contributed by atoms with E-state index in [4.69, 9.17) is 4.74 Å². The van der Waals surface area contributed by atoms with E-state index in [-0.39, 0.29) is 12.4 Å². The quantitative estimate of drug-likeness (QED) is 0.827. The highest BCUT2D eigenvalue weighted by Gasteiger charge is 2.28. The fraction of sp³-hybridized carbons (Fsp3) is 1.00. The molecule has 16 heavy (non-hydrogen) atoms. The topological polar surface area (TPSA) is 24.5 Å². The van der Waals surface area contributed by atoms with E-state index in [2.05, 4.69) is 24.1 Å². The first-order valence-corrected chi connectivity index (χ1v) is 6.41. The average molecular weight is 249 g/mol. The van der Waals surface area contributed by atoms with Gasteiger partial charge < -0.3 is 9.64 Å². The Kier molecular flexibility index (Phi) is 6.05. The Morgan fingerprint density at radius 2 is 2.19 bits per heavy atom. The maximum Gasteiger partial charge on any atom is 0.109 e. The zero-order valence-electron chi connectivity index (χ0n) is 10.4. The first-order valence-electron chi connectivity index (χ1n) is 6.41. The van der Waals surface area contributed by atoms with Crippen molar-refractivity contribution in [1.82, 2.24) is 10.2 Å². The summed E-state index contributed by atoms with van der Waals surface area (Å²) in [5.41, 5.74) is 0. The van der Waals surface area contributed by atoms with Gasteiger partial charge in [0, 0.05) is 18.5 Å². The second kappa shape index (κ2) is 6.80. The third-order valence-electron chi connectivity index (χ3n) is 3.66. The van der Waals surface area contributed by atoms with E-state index >= 15 is 0 Å². The van der Waals surface area contributed by atoms with Crippen LogP contribution in [0.3, 0.4) is 0 Å². The van der Waals surface area contributed by atoms with Crippen molar-refractivity contribution in [1.29, 1.82) is 0 Å². The smallest absolute Gasteiger partial charge is 0.109 e. The van der Waals surface area contributed by atoms with Gasteiger partial charge in [-0.3, -0.25) is 5.32 Å². The molecule has 1 N–H and O–H groups in total. The van der Waals surface area contributed by atoms with E-state index in [9.17, 15) is 0 Å². The fourth-order valence-electron chi connectivity index (χ4n) is 2.80. The lowest BCUT2D eigenvalue weighted by atomic mass is 9.99. The molecular weight excluding hydrogens is 224 g/mol. The Bertz CT molecular complexity index is 203. The minimum absolute atomic E-state index is 0. The average Bonchev–Trinajstić information content (AvgIpc) is 2.65. The lowest BCUT2D eigenvalue weighted by Crippen LogP contribution is -2.43. The summed E-state index contributed by atoms with van der Waals surface area (Å²) in [4.78, 5) is 2.61. The van der Waals surface area contributed by atoms with E-state index in [0.717, 1.165) is 19.1 Å². The van der Waals surface area contributed by atoms with Crippen molar-refractivity contribution in [3.05, 3.63) is 0 Å². The van der Waals surface area contributed by atoms with Gasteiger partial charge in [-0.05, 0) is 32.9 Å². The number of piperidine rings is 1. The SMILES string of the molecule is CCN1CCCCC1CC1NC(C)CO1.Cl. The van der Waals surface area contributed by atoms with Gasteiger partial charge in [-0.15, -0.1) is 12.4 Å². The Morgan fingerprint density at radius 3 is 2.81 bits per heavy atom. The number of likely N-dealkylation sites (tertiary alicyclic amines) is 1. The van der Waals surface area contributed by atoms with Crippen LogP contribution in [0.5, 0.6) is 0 Å². The van der Waals surface area contributed by atoms with Crippen molar-refractivity contribution < 1.29 is 4.74 Å². The van der Waals surface area contributed by atoms with Gasteiger partial charge in [-0.2, -0.15) is 0 Å². The van der Waals surface area contributed by atoms with Crippen LogP contribution in [0.4, 0.5) is 0 Å². The van der Waals surface area contributed by atoms with Gasteiger partial charge in [-0.25, -0.2) is 0 Å². The highest BCUT2D eigenvalue weighted by atomic mass is 35.5. The van der Waals surface area contributed by atoms with Crippen LogP contribution in [-0.4, -0.2) is 42.9 Å². The standard InChI is InChI=1S/C12H24N2O.ClH/c1-3-14-7-5-4-6-11(14)8-12-13-10(2)9-15-12;/h10-13H,3-9H2,1-2H3;1H. The van der Waals surface area contributed by atoms with Crippen LogP contribution in [0, 0.1) is 0 Å². The Labute approximate surface area is 105 Å². The summed E-state index contributed by atoms with van der Waals surface area (Å²) in [6.45, 7) is 7.81. The monoisotopic (exact) mass is 248 g/mol. The minimum Gasteiger partial charge on any atom is -0.362 e. The van der Waals surface area contributed by atoms with E-state index in [1.54, 1.807) is 0 Å². The molecule has 2 rings (SSSR count). The van der Waals surface area contributed by atoms with E-state index in [1.165, 1.54) is 32.4 Å². The molecule has 0 radical (unpaired) electrons. The van der Waals surface area contributed by atoms with Crippen molar-refractivity contribution in [3.8, 4) is 0 Å². The molecule has 0 aromatic heterocycles. The summed E-state index contributed by atoms with van der Waals surface area (Å²) in [6.07, 6.45) is 5.59. The zero-order valence-corrected chi connectivity index (χ0v) is 11.3. The lowest BCUT2D eigenvalue weighted by Gasteiger charge is -2.36. The van der Waals surface area contributed by atoms with Crippen LogP contribution in [0.15, 0.2) is 0 Å². The van der Waals surface area contributed by atoms with Crippen molar-refractivity contribution in [2.45, 2.75) is 57.8 Å². The first kappa shape index (κ1) is 14.2. The molecule has 0 aromatic rings. The minimum atomic E-state index is 0. The normalized spacial score (nSPS) is 36.0. The molecule has 3 nitrogen and oxygen atoms in total. The Balaban J connectivity index is 0.00000128. The van der Waals surface area contributed by atoms with Crippen LogP contribution >= 0.6 is 12.4 Å². The summed E-state index contributed by atoms with van der Waals surface area (Å²) in [5.74, 6) is 0. The van der Waals surface area contributed by atoms with Crippen LogP contribution in [-0.2, 0) is 4.74 Å². The van der Waals surface area contributed by atoms with Crippen LogP contribution in [0.1, 0.15) is 39.5 Å². The van der Waals surface area contributed by atoms with E-state index in [1.807, 2.05) is 0 Å². The third-order valence-corrected chi connectivity index (χ3v) is 3.66. The van der Waals surface area contributed by atoms with Crippen molar-refractivity contribution in [2.75, 3.05) is 19.7 Å². The number of nitrogens with one attached hydrogen (secondary N) is 1. The maximum absolute atomic E-state index is 5.72. The molecule has 0 saturated carbocycles. The summed E-state index contributed by atoms with van der Waals surface area (Å²) >= 11 is 0. The number of ether oxygens (including phenoxy) is 1. The molecular formula is C12H25ClN2O. The molecule has 2 fully saturated rings. The van der Waals surface area contributed by atoms with Crippen LogP contribution < -0.4 is 5.32 Å². The molecule has 2 heterocycles. The van der Waals surface area contributed by atoms with Gasteiger partial charge >= 0.3 is 0 Å². The fourth-order valence-corrected chi connectivity index (χ4v) is 2.80. The molecule has 3 unspecified atom stereocenters. The Morgan fingerprint density at radius 1 is 1.38 bits per heavy atom. The third kappa shape index (κ3) is 3.59. The maximum atomic E-state index is 5.72. The lowest BCUT2D eigenvalue weighted by molar-refractivity contribution is 0.0487. The van der Waals surface area contributed by atoms with E-state index < -0.39 is 0 Å². The van der Waals surface area contributed by atoms with Gasteiger partial charge in [0.05, 0.1) is 6.61 Å². The largest absolute Gasteiger partial charge is 0.362 e. The highest BCUT2D eigenvalue weighted by Crippen LogP contribution is 2.22. The predicted molar refractivity (Wildman–Crippen MR) is 69.1 cm³/mol. The molecule has 4 heteroatoms. The number of nitrogens with zero attached hydrogens (tertiary/aromatic N) is 1. The molecule has 2 saturated heterocycles. The van der Waals surface area contributed by atoms with Gasteiger partial charge in [-0.1, -0.05) is 13.3 Å². The molecule has 3 atom stereocenters. The molecule has 0 amide bonds. The van der Waals surface area contributed by atoms with Crippen LogP contribution in [0.2, 0.25) is 0 Å². The highest BCUT2D eigenvalue weighted by molar-refractivity contribution is 5.85. The summed E-state index contributed by atoms with van der Waals surface area (Å²) < 4.78 is 5.72. The molecule has 0 aliphatic carbocycles. The summed E-state index contributed by atoms with van der Waals surface area (Å²) in [7, 11) is 0. The van der Waals surface area contributed by atoms with Gasteiger partial charge in [0.15, 0.2) is 0 Å². The number of rotatable bonds is 3. The molecule has 96 valence electrons. The van der Waals surface area contributed by atoms with E-state index in [0.29, 0.717) is 12.3 Å². The van der Waals surface area contributed by atoms with Crippen molar-refractivity contribution in [2.24, 2.45) is 0 Å². The van der Waals surface area contributed by atoms with Gasteiger partial charge in [0.25, 0.3) is 0 Å². The zero-order chi connectivity index (χ0) is 10.7. The number of hydrogen-bond donors (Lipinski definition) is 1. The second-order valence-electron chi connectivity index (χ2n) is 4.90. The Hall–Kier alpha value is 0.170. The van der Waals surface area contributed by atoms with Gasteiger partial charge in [0.2, 0.25) is 0 Å².